The van der Waals surface area contributed by atoms with E-state index in [9.17, 15) is 0 Å². The molecule has 1 N–H and O–H groups in total. The lowest BCUT2D eigenvalue weighted by molar-refractivity contribution is 0.178. The van der Waals surface area contributed by atoms with Crippen molar-refractivity contribution >= 4 is 11.3 Å². The van der Waals surface area contributed by atoms with Crippen LogP contribution in [-0.4, -0.2) is 38.8 Å². The first-order chi connectivity index (χ1) is 8.26. The summed E-state index contributed by atoms with van der Waals surface area (Å²) in [5.74, 6) is 0. The highest BCUT2D eigenvalue weighted by atomic mass is 32.1. The zero-order chi connectivity index (χ0) is 12.5. The van der Waals surface area contributed by atoms with Crippen molar-refractivity contribution < 1.29 is 4.74 Å². The van der Waals surface area contributed by atoms with Gasteiger partial charge in [0.25, 0.3) is 0 Å². The van der Waals surface area contributed by atoms with Crippen LogP contribution in [0.25, 0.3) is 0 Å². The van der Waals surface area contributed by atoms with Crippen LogP contribution in [0.15, 0.2) is 12.1 Å². The third kappa shape index (κ3) is 6.17. The molecule has 98 valence electrons. The number of nitrogens with zero attached hydrogens (tertiary/aromatic N) is 1. The van der Waals surface area contributed by atoms with Crippen molar-refractivity contribution in [1.29, 1.82) is 0 Å². The van der Waals surface area contributed by atoms with Crippen LogP contribution in [0.3, 0.4) is 0 Å². The molecule has 1 rings (SSSR count). The Bertz CT molecular complexity index is 301. The highest BCUT2D eigenvalue weighted by molar-refractivity contribution is 7.11. The fraction of sp³-hybridized carbons (Fsp3) is 0.692. The predicted octanol–water partition coefficient (Wildman–Crippen LogP) is 2.33. The molecule has 0 aliphatic heterocycles. The molecular weight excluding hydrogens is 232 g/mol. The van der Waals surface area contributed by atoms with E-state index in [2.05, 4.69) is 36.3 Å². The van der Waals surface area contributed by atoms with Crippen LogP contribution < -0.4 is 5.32 Å². The number of hydrogen-bond acceptors (Lipinski definition) is 4. The fourth-order valence-electron chi connectivity index (χ4n) is 1.67. The summed E-state index contributed by atoms with van der Waals surface area (Å²) in [6.07, 6.45) is 1.10. The van der Waals surface area contributed by atoms with E-state index in [1.807, 2.05) is 11.3 Å². The van der Waals surface area contributed by atoms with Crippen LogP contribution in [0.2, 0.25) is 0 Å². The number of nitrogens with one attached hydrogen (secondary N) is 1. The summed E-state index contributed by atoms with van der Waals surface area (Å²) in [7, 11) is 3.92. The molecule has 1 heterocycles. The highest BCUT2D eigenvalue weighted by Gasteiger charge is 2.03. The number of ether oxygens (including phenoxy) is 1. The van der Waals surface area contributed by atoms with Crippen molar-refractivity contribution in [1.82, 2.24) is 10.2 Å². The lowest BCUT2D eigenvalue weighted by atomic mass is 10.3. The van der Waals surface area contributed by atoms with Gasteiger partial charge in [-0.3, -0.25) is 0 Å². The Morgan fingerprint density at radius 2 is 2.12 bits per heavy atom. The second-order valence-electron chi connectivity index (χ2n) is 4.23. The molecule has 0 amide bonds. The Morgan fingerprint density at radius 3 is 2.82 bits per heavy atom. The minimum atomic E-state index is 0.848. The monoisotopic (exact) mass is 256 g/mol. The van der Waals surface area contributed by atoms with Crippen molar-refractivity contribution in [2.75, 3.05) is 33.9 Å². The van der Waals surface area contributed by atoms with E-state index in [1.165, 1.54) is 9.75 Å². The second kappa shape index (κ2) is 8.64. The normalized spacial score (nSPS) is 11.3. The van der Waals surface area contributed by atoms with Gasteiger partial charge in [0, 0.05) is 43.1 Å². The second-order valence-corrected chi connectivity index (χ2v) is 5.49. The molecule has 0 aliphatic rings. The molecular formula is C13H24N2OS. The highest BCUT2D eigenvalue weighted by Crippen LogP contribution is 2.17. The Labute approximate surface area is 109 Å². The molecule has 1 aromatic heterocycles. The maximum atomic E-state index is 5.06. The molecule has 0 aliphatic carbocycles. The van der Waals surface area contributed by atoms with E-state index in [0.717, 1.165) is 39.2 Å². The van der Waals surface area contributed by atoms with Crippen LogP contribution in [0, 0.1) is 0 Å². The zero-order valence-corrected chi connectivity index (χ0v) is 12.0. The average molecular weight is 256 g/mol. The Balaban J connectivity index is 2.27. The van der Waals surface area contributed by atoms with E-state index < -0.39 is 0 Å². The van der Waals surface area contributed by atoms with E-state index >= 15 is 0 Å². The number of thiophene rings is 1. The Kier molecular flexibility index (Phi) is 7.44. The molecule has 0 bridgehead atoms. The summed E-state index contributed by atoms with van der Waals surface area (Å²) in [6, 6.07) is 4.47. The lowest BCUT2D eigenvalue weighted by Gasteiger charge is -2.14. The molecule has 17 heavy (non-hydrogen) atoms. The molecule has 1 aromatic rings. The van der Waals surface area contributed by atoms with Gasteiger partial charge in [-0.05, 0) is 32.1 Å². The third-order valence-corrected chi connectivity index (χ3v) is 3.65. The van der Waals surface area contributed by atoms with E-state index in [1.54, 1.807) is 7.11 Å². The maximum Gasteiger partial charge on any atom is 0.0474 e. The van der Waals surface area contributed by atoms with Crippen LogP contribution in [-0.2, 0) is 17.8 Å². The summed E-state index contributed by atoms with van der Waals surface area (Å²) in [5, 5.41) is 3.35. The van der Waals surface area contributed by atoms with Crippen LogP contribution in [0.4, 0.5) is 0 Å². The van der Waals surface area contributed by atoms with Crippen LogP contribution in [0.5, 0.6) is 0 Å². The van der Waals surface area contributed by atoms with Gasteiger partial charge in [-0.15, -0.1) is 11.3 Å². The topological polar surface area (TPSA) is 24.5 Å². The van der Waals surface area contributed by atoms with Gasteiger partial charge in [0.2, 0.25) is 0 Å². The van der Waals surface area contributed by atoms with Gasteiger partial charge in [0.15, 0.2) is 0 Å². The van der Waals surface area contributed by atoms with Crippen molar-refractivity contribution in [3.63, 3.8) is 0 Å². The van der Waals surface area contributed by atoms with E-state index in [-0.39, 0.29) is 0 Å². The van der Waals surface area contributed by atoms with Gasteiger partial charge in [-0.2, -0.15) is 0 Å². The molecule has 0 unspecified atom stereocenters. The van der Waals surface area contributed by atoms with E-state index in [0.29, 0.717) is 0 Å². The quantitative estimate of drug-likeness (QED) is 0.686. The number of rotatable bonds is 9. The molecule has 0 atom stereocenters. The predicted molar refractivity (Wildman–Crippen MR) is 74.5 cm³/mol. The van der Waals surface area contributed by atoms with Crippen molar-refractivity contribution in [3.05, 3.63) is 21.9 Å². The Morgan fingerprint density at radius 1 is 1.35 bits per heavy atom. The molecule has 0 radical (unpaired) electrons. The molecule has 3 nitrogen and oxygen atoms in total. The SMILES string of the molecule is CCNCc1ccc(CN(C)CCCOC)s1. The lowest BCUT2D eigenvalue weighted by Crippen LogP contribution is -2.19. The standard InChI is InChI=1S/C13H24N2OS/c1-4-14-10-12-6-7-13(17-12)11-15(2)8-5-9-16-3/h6-7,14H,4-5,8-11H2,1-3H3. The molecule has 0 saturated heterocycles. The molecule has 0 spiro atoms. The summed E-state index contributed by atoms with van der Waals surface area (Å²) in [5.41, 5.74) is 0. The maximum absolute atomic E-state index is 5.06. The van der Waals surface area contributed by atoms with Gasteiger partial charge in [-0.25, -0.2) is 0 Å². The van der Waals surface area contributed by atoms with Crippen molar-refractivity contribution in [2.24, 2.45) is 0 Å². The molecule has 0 fully saturated rings. The number of hydrogen-bond donors (Lipinski definition) is 1. The van der Waals surface area contributed by atoms with Crippen molar-refractivity contribution in [3.8, 4) is 0 Å². The van der Waals surface area contributed by atoms with Gasteiger partial charge in [0.05, 0.1) is 0 Å². The van der Waals surface area contributed by atoms with Gasteiger partial charge < -0.3 is 15.0 Å². The molecule has 0 saturated carbocycles. The molecule has 0 aromatic carbocycles. The average Bonchev–Trinajstić information content (AvgIpc) is 2.74. The van der Waals surface area contributed by atoms with Gasteiger partial charge >= 0.3 is 0 Å². The minimum Gasteiger partial charge on any atom is -0.385 e. The molecule has 4 heteroatoms. The first-order valence-corrected chi connectivity index (χ1v) is 7.03. The van der Waals surface area contributed by atoms with Crippen molar-refractivity contribution in [2.45, 2.75) is 26.4 Å². The summed E-state index contributed by atoms with van der Waals surface area (Å²) >= 11 is 1.90. The summed E-state index contributed by atoms with van der Waals surface area (Å²) in [4.78, 5) is 5.21. The van der Waals surface area contributed by atoms with Gasteiger partial charge in [0.1, 0.15) is 0 Å². The largest absolute Gasteiger partial charge is 0.385 e. The minimum absolute atomic E-state index is 0.848. The van der Waals surface area contributed by atoms with Crippen LogP contribution in [0.1, 0.15) is 23.1 Å². The first kappa shape index (κ1) is 14.6. The number of methoxy groups -OCH3 is 1. The smallest absolute Gasteiger partial charge is 0.0474 e. The Hall–Kier alpha value is -0.420. The first-order valence-electron chi connectivity index (χ1n) is 6.22. The van der Waals surface area contributed by atoms with Crippen LogP contribution >= 0.6 is 11.3 Å². The fourth-order valence-corrected chi connectivity index (χ4v) is 2.74. The van der Waals surface area contributed by atoms with E-state index in [4.69, 9.17) is 4.74 Å². The summed E-state index contributed by atoms with van der Waals surface area (Å²) in [6.45, 7) is 7.14. The zero-order valence-electron chi connectivity index (χ0n) is 11.2. The third-order valence-electron chi connectivity index (χ3n) is 2.58. The van der Waals surface area contributed by atoms with Gasteiger partial charge in [-0.1, -0.05) is 6.92 Å². The summed E-state index contributed by atoms with van der Waals surface area (Å²) < 4.78 is 5.06.